The molecule has 7 aromatic carbocycles. The van der Waals surface area contributed by atoms with Crippen LogP contribution in [0.25, 0.3) is 43.8 Å². The van der Waals surface area contributed by atoms with Gasteiger partial charge in [-0.15, -0.1) is 69.1 Å². The van der Waals surface area contributed by atoms with Crippen molar-refractivity contribution in [2.45, 2.75) is 19.6 Å². The molecule has 0 heterocycles. The maximum Gasteiger partial charge on any atom is -1.00 e. The van der Waals surface area contributed by atoms with Gasteiger partial charge in [0.15, 0.2) is 0 Å². The molecule has 0 nitrogen and oxygen atoms in total. The van der Waals surface area contributed by atoms with Crippen molar-refractivity contribution in [1.29, 1.82) is 0 Å². The van der Waals surface area contributed by atoms with Crippen LogP contribution in [0, 0.1) is 13.8 Å². The summed E-state index contributed by atoms with van der Waals surface area (Å²) in [5, 5.41) is 5.37. The number of hydrogen-bond donors (Lipinski definition) is 0. The molecular formula is C39H34Cl2GeHf-2. The number of hydrogen-bond acceptors (Lipinski definition) is 0. The molecule has 0 radical (unpaired) electrons. The molecule has 0 atom stereocenters. The van der Waals surface area contributed by atoms with Gasteiger partial charge in [-0.3, -0.25) is 0 Å². The minimum Gasteiger partial charge on any atom is -1.00 e. The first-order valence-electron chi connectivity index (χ1n) is 14.0. The van der Waals surface area contributed by atoms with Crippen LogP contribution in [0.4, 0.5) is 0 Å². The Morgan fingerprint density at radius 2 is 0.860 bits per heavy atom. The van der Waals surface area contributed by atoms with Crippen molar-refractivity contribution in [1.82, 2.24) is 0 Å². The van der Waals surface area contributed by atoms with Crippen LogP contribution in [-0.4, -0.2) is 10.1 Å². The first-order valence-corrected chi connectivity index (χ1v) is 27.6. The largest absolute Gasteiger partial charge is 1.00 e. The number of aryl methyl sites for hydroxylation is 2. The molecule has 0 aliphatic heterocycles. The third-order valence-electron chi connectivity index (χ3n) is 7.17. The summed E-state index contributed by atoms with van der Waals surface area (Å²) in [4.78, 5) is 0. The molecule has 0 unspecified atom stereocenters. The van der Waals surface area contributed by atoms with E-state index in [1.165, 1.54) is 76.2 Å². The zero-order valence-corrected chi connectivity index (χ0v) is 31.9. The van der Waals surface area contributed by atoms with Crippen LogP contribution < -0.4 is 29.2 Å². The van der Waals surface area contributed by atoms with Crippen molar-refractivity contribution < 1.29 is 46.1 Å². The molecule has 4 heteroatoms. The predicted molar refractivity (Wildman–Crippen MR) is 177 cm³/mol. The van der Waals surface area contributed by atoms with Crippen LogP contribution in [-0.2, 0) is 21.3 Å². The van der Waals surface area contributed by atoms with E-state index in [1.54, 1.807) is 4.40 Å². The molecule has 0 fully saturated rings. The Bertz CT molecular complexity index is 1760. The van der Waals surface area contributed by atoms with Crippen LogP contribution in [0.15, 0.2) is 152 Å². The van der Waals surface area contributed by atoms with E-state index in [2.05, 4.69) is 171 Å². The van der Waals surface area contributed by atoms with E-state index in [0.29, 0.717) is 0 Å². The molecule has 7 rings (SSSR count). The van der Waals surface area contributed by atoms with Crippen LogP contribution in [0.1, 0.15) is 11.1 Å². The van der Waals surface area contributed by atoms with Gasteiger partial charge < -0.3 is 24.8 Å². The summed E-state index contributed by atoms with van der Waals surface area (Å²) in [6.07, 6.45) is 0. The first-order chi connectivity index (χ1) is 20.0. The Kier molecular flexibility index (Phi) is 13.7. The summed E-state index contributed by atoms with van der Waals surface area (Å²) in [5.41, 5.74) is 7.89. The fourth-order valence-corrected chi connectivity index (χ4v) is 9.76. The maximum absolute atomic E-state index is 2.43. The second kappa shape index (κ2) is 17.0. The van der Waals surface area contributed by atoms with Gasteiger partial charge in [-0.1, -0.05) is 97.8 Å². The predicted octanol–water partition coefficient (Wildman–Crippen LogP) is 4.14. The van der Waals surface area contributed by atoms with Gasteiger partial charge in [0.1, 0.15) is 0 Å². The van der Waals surface area contributed by atoms with Crippen molar-refractivity contribution in [3.8, 4) is 22.3 Å². The average Bonchev–Trinajstić information content (AvgIpc) is 3.59. The molecule has 0 saturated carbocycles. The summed E-state index contributed by atoms with van der Waals surface area (Å²) in [5.74, 6) is 2.43. The normalized spacial score (nSPS) is 9.98. The summed E-state index contributed by atoms with van der Waals surface area (Å²) in [6.45, 7) is 4.30. The summed E-state index contributed by atoms with van der Waals surface area (Å²) >= 11 is 1.42. The first kappa shape index (κ1) is 34.8. The number of fused-ring (bicyclic) bond motifs is 2. The van der Waals surface area contributed by atoms with Crippen LogP contribution in [0.2, 0.25) is 5.76 Å². The quantitative estimate of drug-likeness (QED) is 0.186. The van der Waals surface area contributed by atoms with E-state index in [4.69, 9.17) is 0 Å². The standard InChI is InChI=1S/2C16H13.C7H8Ge.2ClH.Hf/c2*1-12-10-14-8-5-9-15(16(14)11-12)13-6-3-2-4-7-13;1-8-7-5-3-2-4-6-7;;;/h2*2-11H,1H3;2-6H,1H3;2*1H;/q2*-1;;;;+2/p-2. The van der Waals surface area contributed by atoms with Gasteiger partial charge in [-0.2, -0.15) is 12.1 Å². The Morgan fingerprint density at radius 1 is 0.488 bits per heavy atom. The molecule has 0 saturated heterocycles. The summed E-state index contributed by atoms with van der Waals surface area (Å²) in [7, 11) is -0.627. The Hall–Kier alpha value is -2.69. The van der Waals surface area contributed by atoms with Crippen molar-refractivity contribution in [3.63, 3.8) is 0 Å². The molecule has 0 spiro atoms. The Labute approximate surface area is 284 Å². The monoisotopic (exact) mass is 826 g/mol. The Morgan fingerprint density at radius 3 is 1.21 bits per heavy atom. The molecule has 0 aromatic heterocycles. The molecule has 43 heavy (non-hydrogen) atoms. The molecular weight excluding hydrogens is 790 g/mol. The van der Waals surface area contributed by atoms with E-state index >= 15 is 0 Å². The topological polar surface area (TPSA) is 0 Å². The molecule has 0 aliphatic rings. The van der Waals surface area contributed by atoms with Crippen molar-refractivity contribution in [2.24, 2.45) is 0 Å². The third-order valence-corrected chi connectivity index (χ3v) is 15.1. The summed E-state index contributed by atoms with van der Waals surface area (Å²) < 4.78 is 1.64. The van der Waals surface area contributed by atoms with Crippen LogP contribution in [0.3, 0.4) is 0 Å². The zero-order chi connectivity index (χ0) is 28.6. The summed E-state index contributed by atoms with van der Waals surface area (Å²) in [6, 6.07) is 54.0. The van der Waals surface area contributed by atoms with Crippen molar-refractivity contribution >= 4 is 36.0 Å². The van der Waals surface area contributed by atoms with E-state index in [0.717, 1.165) is 0 Å². The van der Waals surface area contributed by atoms with Crippen LogP contribution in [0.5, 0.6) is 0 Å². The molecule has 0 aliphatic carbocycles. The van der Waals surface area contributed by atoms with Gasteiger partial charge >= 0.3 is 71.8 Å². The zero-order valence-electron chi connectivity index (χ0n) is 24.7. The second-order valence-corrected chi connectivity index (χ2v) is 28.2. The van der Waals surface area contributed by atoms with E-state index in [1.807, 2.05) is 0 Å². The SMILES string of the molecule is Cc1cc2c(-c3ccccc3)cccc2[cH-]1.Cc1cc2c(-c3ccccc3)cccc2[cH-]1.[CH3][Ge](=[Hf+2])[c]1ccccc1.[Cl-].[Cl-]. The fraction of sp³-hybridized carbons (Fsp3) is 0.0769. The Balaban J connectivity index is 0.000000180. The maximum atomic E-state index is 2.43. The van der Waals surface area contributed by atoms with Gasteiger partial charge in [-0.25, -0.2) is 0 Å². The minimum atomic E-state index is -0.627. The fourth-order valence-electron chi connectivity index (χ4n) is 5.20. The number of rotatable bonds is 3. The van der Waals surface area contributed by atoms with Gasteiger partial charge in [-0.05, 0) is 11.1 Å². The second-order valence-electron chi connectivity index (χ2n) is 10.4. The van der Waals surface area contributed by atoms with Gasteiger partial charge in [0, 0.05) is 0 Å². The number of benzene rings is 5. The average molecular weight is 825 g/mol. The molecule has 7 aromatic rings. The van der Waals surface area contributed by atoms with E-state index in [-0.39, 0.29) is 24.8 Å². The van der Waals surface area contributed by atoms with Crippen molar-refractivity contribution in [2.75, 3.05) is 0 Å². The van der Waals surface area contributed by atoms with Crippen molar-refractivity contribution in [3.05, 3.63) is 163 Å². The van der Waals surface area contributed by atoms with Gasteiger partial charge in [0.25, 0.3) is 0 Å². The molecule has 0 bridgehead atoms. The third kappa shape index (κ3) is 9.16. The van der Waals surface area contributed by atoms with E-state index in [9.17, 15) is 0 Å². The molecule has 0 amide bonds. The molecule has 214 valence electrons. The molecule has 0 N–H and O–H groups in total. The van der Waals surface area contributed by atoms with Gasteiger partial charge in [0.05, 0.1) is 0 Å². The smallest absolute Gasteiger partial charge is 1.00 e. The van der Waals surface area contributed by atoms with Crippen LogP contribution >= 0.6 is 0 Å². The van der Waals surface area contributed by atoms with E-state index < -0.39 is 10.1 Å². The van der Waals surface area contributed by atoms with Gasteiger partial charge in [0.2, 0.25) is 0 Å². The number of halogens is 2. The minimum absolute atomic E-state index is 0.